The summed E-state index contributed by atoms with van der Waals surface area (Å²) < 4.78 is 40.4. The number of carbonyl (C=O) groups excluding carboxylic acids is 2. The average molecular weight is 424 g/mol. The van der Waals surface area contributed by atoms with Crippen molar-refractivity contribution in [3.05, 3.63) is 65.5 Å². The zero-order valence-electron chi connectivity index (χ0n) is 13.9. The van der Waals surface area contributed by atoms with Crippen LogP contribution in [0, 0.1) is 17.5 Å². The lowest BCUT2D eigenvalue weighted by Gasteiger charge is -2.04. The van der Waals surface area contributed by atoms with E-state index in [9.17, 15) is 22.8 Å². The van der Waals surface area contributed by atoms with Gasteiger partial charge in [-0.3, -0.25) is 14.9 Å². The monoisotopic (exact) mass is 424 g/mol. The molecule has 0 aliphatic carbocycles. The summed E-state index contributed by atoms with van der Waals surface area (Å²) in [7, 11) is 0. The van der Waals surface area contributed by atoms with Crippen molar-refractivity contribution in [1.29, 1.82) is 0 Å². The first-order valence-electron chi connectivity index (χ1n) is 7.69. The van der Waals surface area contributed by atoms with Gasteiger partial charge < -0.3 is 5.32 Å². The Labute approximate surface area is 165 Å². The van der Waals surface area contributed by atoms with Gasteiger partial charge in [0.1, 0.15) is 17.5 Å². The molecule has 1 aromatic heterocycles. The third-order valence-electron chi connectivity index (χ3n) is 3.28. The summed E-state index contributed by atoms with van der Waals surface area (Å²) in [6, 6.07) is 8.35. The molecule has 0 spiro atoms. The number of benzene rings is 2. The van der Waals surface area contributed by atoms with Crippen LogP contribution in [0.15, 0.2) is 46.8 Å². The molecule has 0 unspecified atom stereocenters. The Morgan fingerprint density at radius 3 is 2.54 bits per heavy atom. The predicted molar refractivity (Wildman–Crippen MR) is 100.0 cm³/mol. The molecule has 3 rings (SSSR count). The van der Waals surface area contributed by atoms with Gasteiger partial charge >= 0.3 is 0 Å². The number of amides is 2. The van der Waals surface area contributed by atoms with Crippen LogP contribution in [0.3, 0.4) is 0 Å². The number of hydrogen-bond donors (Lipinski definition) is 2. The van der Waals surface area contributed by atoms with Gasteiger partial charge in [-0.2, -0.15) is 0 Å². The van der Waals surface area contributed by atoms with Crippen LogP contribution in [0.5, 0.6) is 0 Å². The fourth-order valence-corrected chi connectivity index (χ4v) is 3.58. The number of nitrogens with one attached hydrogen (secondary N) is 2. The molecule has 0 radical (unpaired) electrons. The molecule has 0 aliphatic heterocycles. The van der Waals surface area contributed by atoms with E-state index in [2.05, 4.69) is 20.8 Å². The molecule has 2 amide bonds. The van der Waals surface area contributed by atoms with E-state index in [4.69, 9.17) is 0 Å². The van der Waals surface area contributed by atoms with E-state index in [-0.39, 0.29) is 22.1 Å². The molecule has 0 bridgehead atoms. The maximum absolute atomic E-state index is 13.6. The van der Waals surface area contributed by atoms with Gasteiger partial charge in [0.15, 0.2) is 4.34 Å². The molecule has 1 heterocycles. The number of nitrogens with zero attached hydrogens (tertiary/aromatic N) is 2. The number of para-hydroxylation sites is 1. The van der Waals surface area contributed by atoms with Crippen LogP contribution in [-0.4, -0.2) is 27.8 Å². The minimum Gasteiger partial charge on any atom is -0.323 e. The van der Waals surface area contributed by atoms with E-state index in [0.717, 1.165) is 35.2 Å². The van der Waals surface area contributed by atoms with Crippen LogP contribution in [0.25, 0.3) is 0 Å². The van der Waals surface area contributed by atoms with Gasteiger partial charge in [0.2, 0.25) is 11.0 Å². The zero-order valence-corrected chi connectivity index (χ0v) is 15.5. The lowest BCUT2D eigenvalue weighted by atomic mass is 10.2. The maximum Gasteiger partial charge on any atom is 0.260 e. The van der Waals surface area contributed by atoms with Crippen LogP contribution in [0.2, 0.25) is 0 Å². The maximum atomic E-state index is 13.6. The van der Waals surface area contributed by atoms with Crippen molar-refractivity contribution >= 4 is 45.7 Å². The normalized spacial score (nSPS) is 10.5. The number of thioether (sulfide) groups is 1. The molecule has 0 saturated carbocycles. The lowest BCUT2D eigenvalue weighted by Crippen LogP contribution is -2.14. The van der Waals surface area contributed by atoms with E-state index < -0.39 is 29.3 Å². The van der Waals surface area contributed by atoms with Gasteiger partial charge in [-0.15, -0.1) is 10.2 Å². The van der Waals surface area contributed by atoms with Crippen molar-refractivity contribution in [3.8, 4) is 0 Å². The summed E-state index contributed by atoms with van der Waals surface area (Å²) in [5, 5.41) is 12.4. The van der Waals surface area contributed by atoms with Crippen LogP contribution < -0.4 is 10.6 Å². The van der Waals surface area contributed by atoms with Crippen molar-refractivity contribution < 1.29 is 22.8 Å². The van der Waals surface area contributed by atoms with Gasteiger partial charge in [0.25, 0.3) is 5.91 Å². The Morgan fingerprint density at radius 1 is 1.00 bits per heavy atom. The summed E-state index contributed by atoms with van der Waals surface area (Å²) in [5.41, 5.74) is -0.269. The highest BCUT2D eigenvalue weighted by molar-refractivity contribution is 8.01. The second-order valence-corrected chi connectivity index (χ2v) is 7.47. The van der Waals surface area contributed by atoms with Crippen molar-refractivity contribution in [3.63, 3.8) is 0 Å². The molecule has 2 aromatic carbocycles. The summed E-state index contributed by atoms with van der Waals surface area (Å²) in [5.74, 6) is -3.64. The van der Waals surface area contributed by atoms with Gasteiger partial charge in [0, 0.05) is 6.07 Å². The molecule has 6 nitrogen and oxygen atoms in total. The molecule has 0 aliphatic rings. The number of hydrogen-bond acceptors (Lipinski definition) is 6. The van der Waals surface area contributed by atoms with E-state index >= 15 is 0 Å². The highest BCUT2D eigenvalue weighted by atomic mass is 32.2. The highest BCUT2D eigenvalue weighted by Crippen LogP contribution is 2.26. The summed E-state index contributed by atoms with van der Waals surface area (Å²) in [6.45, 7) is 0. The number of aromatic nitrogens is 2. The first-order valence-corrected chi connectivity index (χ1v) is 9.49. The predicted octanol–water partition coefficient (Wildman–Crippen LogP) is 3.94. The molecule has 0 atom stereocenters. The SMILES string of the molecule is O=C(CSc1nnc(NC(=O)c2ccc(F)cc2F)s1)Nc1ccccc1F. The van der Waals surface area contributed by atoms with Crippen LogP contribution >= 0.6 is 23.1 Å². The molecule has 0 fully saturated rings. The number of carbonyl (C=O) groups is 2. The summed E-state index contributed by atoms with van der Waals surface area (Å²) >= 11 is 2.01. The smallest absolute Gasteiger partial charge is 0.260 e. The molecular weight excluding hydrogens is 413 g/mol. The Bertz CT molecular complexity index is 1030. The molecule has 144 valence electrons. The van der Waals surface area contributed by atoms with Crippen molar-refractivity contribution in [1.82, 2.24) is 10.2 Å². The van der Waals surface area contributed by atoms with E-state index in [1.807, 2.05) is 0 Å². The third-order valence-corrected chi connectivity index (χ3v) is 5.25. The first-order chi connectivity index (χ1) is 13.4. The molecule has 2 N–H and O–H groups in total. The molecule has 28 heavy (non-hydrogen) atoms. The van der Waals surface area contributed by atoms with Gasteiger partial charge in [-0.1, -0.05) is 35.2 Å². The van der Waals surface area contributed by atoms with Gasteiger partial charge in [0.05, 0.1) is 17.0 Å². The lowest BCUT2D eigenvalue weighted by molar-refractivity contribution is -0.113. The molecular formula is C17H11F3N4O2S2. The fourth-order valence-electron chi connectivity index (χ4n) is 2.03. The quantitative estimate of drug-likeness (QED) is 0.463. The second kappa shape index (κ2) is 8.85. The van der Waals surface area contributed by atoms with Crippen LogP contribution in [0.4, 0.5) is 24.0 Å². The second-order valence-electron chi connectivity index (χ2n) is 5.27. The third kappa shape index (κ3) is 5.08. The Balaban J connectivity index is 1.54. The summed E-state index contributed by atoms with van der Waals surface area (Å²) in [4.78, 5) is 23.9. The molecule has 11 heteroatoms. The highest BCUT2D eigenvalue weighted by Gasteiger charge is 2.16. The number of anilines is 2. The average Bonchev–Trinajstić information content (AvgIpc) is 3.09. The van der Waals surface area contributed by atoms with Gasteiger partial charge in [-0.25, -0.2) is 13.2 Å². The largest absolute Gasteiger partial charge is 0.323 e. The van der Waals surface area contributed by atoms with E-state index in [1.54, 1.807) is 6.07 Å². The molecule has 3 aromatic rings. The minimum absolute atomic E-state index is 0.0521. The summed E-state index contributed by atoms with van der Waals surface area (Å²) in [6.07, 6.45) is 0. The van der Waals surface area contributed by atoms with Crippen molar-refractivity contribution in [2.24, 2.45) is 0 Å². The number of halogens is 3. The first kappa shape index (κ1) is 19.8. The zero-order chi connectivity index (χ0) is 20.1. The minimum atomic E-state index is -0.999. The van der Waals surface area contributed by atoms with Crippen molar-refractivity contribution in [2.45, 2.75) is 4.34 Å². The Morgan fingerprint density at radius 2 is 1.79 bits per heavy atom. The Kier molecular flexibility index (Phi) is 6.26. The van der Waals surface area contributed by atoms with Crippen molar-refractivity contribution in [2.75, 3.05) is 16.4 Å². The van der Waals surface area contributed by atoms with Crippen LogP contribution in [-0.2, 0) is 4.79 Å². The van der Waals surface area contributed by atoms with Crippen LogP contribution in [0.1, 0.15) is 10.4 Å². The van der Waals surface area contributed by atoms with Gasteiger partial charge in [-0.05, 0) is 24.3 Å². The standard InChI is InChI=1S/C17H11F3N4O2S2/c18-9-5-6-10(12(20)7-9)15(26)22-16-23-24-17(28-16)27-8-14(25)21-13-4-2-1-3-11(13)19/h1-7H,8H2,(H,21,25)(H,22,23,26). The fraction of sp³-hybridized carbons (Fsp3) is 0.0588. The van der Waals surface area contributed by atoms with E-state index in [1.165, 1.54) is 18.2 Å². The van der Waals surface area contributed by atoms with E-state index in [0.29, 0.717) is 10.4 Å². The topological polar surface area (TPSA) is 84.0 Å². The number of rotatable bonds is 6. The molecule has 0 saturated heterocycles. The Hall–Kier alpha value is -2.92.